The van der Waals surface area contributed by atoms with Crippen LogP contribution in [0.25, 0.3) is 0 Å². The molecule has 0 bridgehead atoms. The summed E-state index contributed by atoms with van der Waals surface area (Å²) in [5.74, 6) is 0.600. The average Bonchev–Trinajstić information content (AvgIpc) is 3.02. The van der Waals surface area contributed by atoms with E-state index in [2.05, 4.69) is 0 Å². The first kappa shape index (κ1) is 15.5. The van der Waals surface area contributed by atoms with E-state index in [0.717, 1.165) is 6.29 Å². The first-order valence-corrected chi connectivity index (χ1v) is 8.56. The fourth-order valence-electron chi connectivity index (χ4n) is 1.66. The largest absolute Gasteiger partial charge is 0.493 e. The molecule has 0 spiro atoms. The SMILES string of the molecule is CN(c1ccc(OCCC=O)cc1)S(=O)(=O)c1cccs1. The molecule has 0 aliphatic carbocycles. The van der Waals surface area contributed by atoms with Crippen LogP contribution in [0, 0.1) is 0 Å². The van der Waals surface area contributed by atoms with Gasteiger partial charge in [-0.3, -0.25) is 4.31 Å². The van der Waals surface area contributed by atoms with Gasteiger partial charge in [0.25, 0.3) is 10.0 Å². The third-order valence-corrected chi connectivity index (χ3v) is 5.97. The van der Waals surface area contributed by atoms with Gasteiger partial charge in [-0.05, 0) is 35.7 Å². The Morgan fingerprint density at radius 1 is 1.24 bits per heavy atom. The van der Waals surface area contributed by atoms with Crippen molar-refractivity contribution in [3.63, 3.8) is 0 Å². The summed E-state index contributed by atoms with van der Waals surface area (Å²) in [6.07, 6.45) is 1.12. The van der Waals surface area contributed by atoms with E-state index in [1.807, 2.05) is 0 Å². The highest BCUT2D eigenvalue weighted by Crippen LogP contribution is 2.26. The minimum absolute atomic E-state index is 0.302. The van der Waals surface area contributed by atoms with Crippen molar-refractivity contribution in [1.29, 1.82) is 0 Å². The highest BCUT2D eigenvalue weighted by molar-refractivity contribution is 7.94. The maximum Gasteiger partial charge on any atom is 0.273 e. The van der Waals surface area contributed by atoms with Crippen LogP contribution in [0.5, 0.6) is 5.75 Å². The molecule has 5 nitrogen and oxygen atoms in total. The van der Waals surface area contributed by atoms with Gasteiger partial charge in [-0.2, -0.15) is 0 Å². The van der Waals surface area contributed by atoms with Crippen molar-refractivity contribution in [3.8, 4) is 5.75 Å². The van der Waals surface area contributed by atoms with E-state index in [9.17, 15) is 13.2 Å². The molecule has 0 aliphatic heterocycles. The Morgan fingerprint density at radius 3 is 2.52 bits per heavy atom. The summed E-state index contributed by atoms with van der Waals surface area (Å²) in [6.45, 7) is 0.312. The van der Waals surface area contributed by atoms with E-state index in [1.54, 1.807) is 41.8 Å². The van der Waals surface area contributed by atoms with E-state index >= 15 is 0 Å². The zero-order valence-corrected chi connectivity index (χ0v) is 13.1. The molecule has 1 heterocycles. The first-order valence-electron chi connectivity index (χ1n) is 6.24. The van der Waals surface area contributed by atoms with Gasteiger partial charge in [0, 0.05) is 13.5 Å². The predicted octanol–water partition coefficient (Wildman–Crippen LogP) is 2.54. The van der Waals surface area contributed by atoms with Gasteiger partial charge in [-0.15, -0.1) is 11.3 Å². The number of hydrogen-bond acceptors (Lipinski definition) is 5. The third-order valence-electron chi connectivity index (χ3n) is 2.81. The van der Waals surface area contributed by atoms with Crippen LogP contribution in [0.1, 0.15) is 6.42 Å². The highest BCUT2D eigenvalue weighted by atomic mass is 32.2. The molecule has 2 rings (SSSR count). The Bertz CT molecular complexity index is 678. The van der Waals surface area contributed by atoms with Crippen LogP contribution in [0.3, 0.4) is 0 Å². The summed E-state index contributed by atoms with van der Waals surface area (Å²) in [5, 5.41) is 1.73. The van der Waals surface area contributed by atoms with Crippen molar-refractivity contribution in [3.05, 3.63) is 41.8 Å². The highest BCUT2D eigenvalue weighted by Gasteiger charge is 2.22. The second-order valence-electron chi connectivity index (χ2n) is 4.20. The molecule has 7 heteroatoms. The molecule has 0 radical (unpaired) electrons. The fraction of sp³-hybridized carbons (Fsp3) is 0.214. The lowest BCUT2D eigenvalue weighted by Gasteiger charge is -2.18. The minimum Gasteiger partial charge on any atom is -0.493 e. The van der Waals surface area contributed by atoms with E-state index < -0.39 is 10.0 Å². The van der Waals surface area contributed by atoms with E-state index in [1.165, 1.54) is 22.7 Å². The van der Waals surface area contributed by atoms with Gasteiger partial charge < -0.3 is 9.53 Å². The van der Waals surface area contributed by atoms with E-state index in [0.29, 0.717) is 28.7 Å². The van der Waals surface area contributed by atoms with Gasteiger partial charge in [0.2, 0.25) is 0 Å². The van der Waals surface area contributed by atoms with Crippen molar-refractivity contribution in [2.24, 2.45) is 0 Å². The van der Waals surface area contributed by atoms with Crippen molar-refractivity contribution in [2.75, 3.05) is 18.0 Å². The Labute approximate surface area is 127 Å². The molecule has 0 fully saturated rings. The lowest BCUT2D eigenvalue weighted by Crippen LogP contribution is -2.25. The number of anilines is 1. The van der Waals surface area contributed by atoms with Gasteiger partial charge in [-0.25, -0.2) is 8.42 Å². The number of carbonyl (C=O) groups is 1. The number of aldehydes is 1. The summed E-state index contributed by atoms with van der Waals surface area (Å²) in [4.78, 5) is 10.2. The Balaban J connectivity index is 2.13. The minimum atomic E-state index is -3.52. The number of ether oxygens (including phenoxy) is 1. The van der Waals surface area contributed by atoms with E-state index in [-0.39, 0.29) is 0 Å². The van der Waals surface area contributed by atoms with Crippen LogP contribution < -0.4 is 9.04 Å². The van der Waals surface area contributed by atoms with Gasteiger partial charge in [0.1, 0.15) is 16.2 Å². The zero-order chi connectivity index (χ0) is 15.3. The molecule has 2 aromatic rings. The van der Waals surface area contributed by atoms with Crippen molar-refractivity contribution < 1.29 is 17.9 Å². The zero-order valence-electron chi connectivity index (χ0n) is 11.4. The average molecular weight is 325 g/mol. The summed E-state index contributed by atoms with van der Waals surface area (Å²) in [6, 6.07) is 9.98. The molecule has 0 aliphatic rings. The van der Waals surface area contributed by atoms with E-state index in [4.69, 9.17) is 4.74 Å². The van der Waals surface area contributed by atoms with Crippen LogP contribution in [0.2, 0.25) is 0 Å². The Hall–Kier alpha value is -1.86. The standard InChI is InChI=1S/C14H15NO4S2/c1-15(21(17,18)14-4-2-11-20-14)12-5-7-13(8-6-12)19-10-3-9-16/h2,4-9,11H,3,10H2,1H3. The maximum absolute atomic E-state index is 12.4. The third kappa shape index (κ3) is 3.62. The van der Waals surface area contributed by atoms with Gasteiger partial charge in [-0.1, -0.05) is 6.07 Å². The molecule has 1 aromatic carbocycles. The van der Waals surface area contributed by atoms with Crippen molar-refractivity contribution in [1.82, 2.24) is 0 Å². The number of benzene rings is 1. The van der Waals surface area contributed by atoms with Gasteiger partial charge in [0.05, 0.1) is 12.3 Å². The number of thiophene rings is 1. The van der Waals surface area contributed by atoms with Crippen molar-refractivity contribution >= 4 is 33.3 Å². The molecule has 112 valence electrons. The second-order valence-corrected chi connectivity index (χ2v) is 7.35. The van der Waals surface area contributed by atoms with Crippen LogP contribution in [0.15, 0.2) is 46.0 Å². The normalized spacial score (nSPS) is 11.1. The summed E-state index contributed by atoms with van der Waals surface area (Å²) < 4.78 is 31.6. The molecule has 0 atom stereocenters. The molecule has 0 saturated heterocycles. The maximum atomic E-state index is 12.4. The second kappa shape index (κ2) is 6.73. The molecule has 0 N–H and O–H groups in total. The van der Waals surface area contributed by atoms with Crippen molar-refractivity contribution in [2.45, 2.75) is 10.6 Å². The summed E-state index contributed by atoms with van der Waals surface area (Å²) in [5.41, 5.74) is 0.547. The Morgan fingerprint density at radius 2 is 1.95 bits per heavy atom. The summed E-state index contributed by atoms with van der Waals surface area (Å²) >= 11 is 1.18. The Kier molecular flexibility index (Phi) is 4.98. The molecule has 0 saturated carbocycles. The number of hydrogen-bond donors (Lipinski definition) is 0. The summed E-state index contributed by atoms with van der Waals surface area (Å²) in [7, 11) is -2.01. The molecule has 0 unspecified atom stereocenters. The predicted molar refractivity (Wildman–Crippen MR) is 82.5 cm³/mol. The molecular weight excluding hydrogens is 310 g/mol. The van der Waals surface area contributed by atoms with Gasteiger partial charge >= 0.3 is 0 Å². The fourth-order valence-corrected chi connectivity index (χ4v) is 4.02. The molecular formula is C14H15NO4S2. The number of carbonyl (C=O) groups excluding carboxylic acids is 1. The molecule has 21 heavy (non-hydrogen) atoms. The monoisotopic (exact) mass is 325 g/mol. The number of rotatable bonds is 7. The van der Waals surface area contributed by atoms with Crippen LogP contribution >= 0.6 is 11.3 Å². The molecule has 1 aromatic heterocycles. The lowest BCUT2D eigenvalue weighted by atomic mass is 10.3. The van der Waals surface area contributed by atoms with Crippen LogP contribution in [0.4, 0.5) is 5.69 Å². The smallest absolute Gasteiger partial charge is 0.273 e. The number of sulfonamides is 1. The topological polar surface area (TPSA) is 63.7 Å². The lowest BCUT2D eigenvalue weighted by molar-refractivity contribution is -0.108. The van der Waals surface area contributed by atoms with Crippen LogP contribution in [-0.4, -0.2) is 28.4 Å². The van der Waals surface area contributed by atoms with Gasteiger partial charge in [0.15, 0.2) is 0 Å². The molecule has 0 amide bonds. The number of nitrogens with zero attached hydrogens (tertiary/aromatic N) is 1. The first-order chi connectivity index (χ1) is 10.1. The quantitative estimate of drug-likeness (QED) is 0.580. The van der Waals surface area contributed by atoms with Crippen LogP contribution in [-0.2, 0) is 14.8 Å².